The van der Waals surface area contributed by atoms with Gasteiger partial charge in [-0.3, -0.25) is 4.79 Å². The number of rotatable bonds is 6. The van der Waals surface area contributed by atoms with E-state index >= 15 is 0 Å². The standard InChI is InChI=1S/C15H27NO11/c1-5(19)16-8-13(10(21)7(4-18)25-14(8)24-2)27-15-12(23)11(22)9(20)6(3-17)26-15/h6-15,17-18,20-23H,3-4H2,1-2H3,(H,16,19)/t6-,7-,8-,9+,10-,11+,12-,13-,14+,15+/m1/s1. The molecule has 0 spiro atoms. The van der Waals surface area contributed by atoms with Gasteiger partial charge < -0.3 is 54.9 Å². The van der Waals surface area contributed by atoms with E-state index in [2.05, 4.69) is 5.32 Å². The van der Waals surface area contributed by atoms with E-state index in [9.17, 15) is 35.4 Å². The highest BCUT2D eigenvalue weighted by Crippen LogP contribution is 2.29. The van der Waals surface area contributed by atoms with Gasteiger partial charge in [0.05, 0.1) is 13.2 Å². The second kappa shape index (κ2) is 9.52. The lowest BCUT2D eigenvalue weighted by atomic mass is 9.95. The largest absolute Gasteiger partial charge is 0.394 e. The first kappa shape index (κ1) is 22.4. The molecule has 2 aliphatic heterocycles. The quantitative estimate of drug-likeness (QED) is 0.228. The van der Waals surface area contributed by atoms with Crippen LogP contribution in [0.25, 0.3) is 0 Å². The summed E-state index contributed by atoms with van der Waals surface area (Å²) >= 11 is 0. The molecule has 0 unspecified atom stereocenters. The Morgan fingerprint density at radius 1 is 0.926 bits per heavy atom. The highest BCUT2D eigenvalue weighted by molar-refractivity contribution is 5.73. The average Bonchev–Trinajstić information content (AvgIpc) is 2.64. The van der Waals surface area contributed by atoms with Gasteiger partial charge in [-0.25, -0.2) is 0 Å². The Balaban J connectivity index is 2.25. The summed E-state index contributed by atoms with van der Waals surface area (Å²) < 4.78 is 21.4. The fourth-order valence-electron chi connectivity index (χ4n) is 3.15. The maximum absolute atomic E-state index is 11.5. The fourth-order valence-corrected chi connectivity index (χ4v) is 3.15. The number of aliphatic hydroxyl groups is 6. The molecule has 7 N–H and O–H groups in total. The Hall–Kier alpha value is -0.930. The van der Waals surface area contributed by atoms with Crippen LogP contribution in [0.5, 0.6) is 0 Å². The van der Waals surface area contributed by atoms with E-state index in [1.165, 1.54) is 14.0 Å². The summed E-state index contributed by atoms with van der Waals surface area (Å²) in [6.45, 7) is -0.0132. The molecule has 158 valence electrons. The lowest BCUT2D eigenvalue weighted by molar-refractivity contribution is -0.343. The first-order valence-electron chi connectivity index (χ1n) is 8.45. The van der Waals surface area contributed by atoms with E-state index in [4.69, 9.17) is 18.9 Å². The molecule has 12 heteroatoms. The van der Waals surface area contributed by atoms with Gasteiger partial charge in [0.2, 0.25) is 5.91 Å². The summed E-state index contributed by atoms with van der Waals surface area (Å²) in [6.07, 6.45) is -12.7. The number of methoxy groups -OCH3 is 1. The van der Waals surface area contributed by atoms with Crippen molar-refractivity contribution in [2.75, 3.05) is 20.3 Å². The molecule has 27 heavy (non-hydrogen) atoms. The van der Waals surface area contributed by atoms with E-state index in [1.54, 1.807) is 0 Å². The molecule has 2 heterocycles. The van der Waals surface area contributed by atoms with Gasteiger partial charge in [-0.2, -0.15) is 0 Å². The molecular formula is C15H27NO11. The van der Waals surface area contributed by atoms with Crippen LogP contribution in [-0.2, 0) is 23.7 Å². The molecule has 0 aromatic rings. The van der Waals surface area contributed by atoms with E-state index in [-0.39, 0.29) is 0 Å². The number of carbonyl (C=O) groups excluding carboxylic acids is 1. The average molecular weight is 397 g/mol. The van der Waals surface area contributed by atoms with Gasteiger partial charge in [-0.05, 0) is 0 Å². The minimum absolute atomic E-state index is 0.484. The molecule has 10 atom stereocenters. The van der Waals surface area contributed by atoms with Crippen LogP contribution in [0.15, 0.2) is 0 Å². The van der Waals surface area contributed by atoms with Crippen molar-refractivity contribution in [3.8, 4) is 0 Å². The van der Waals surface area contributed by atoms with Crippen LogP contribution in [0.4, 0.5) is 0 Å². The number of hydrogen-bond acceptors (Lipinski definition) is 11. The van der Waals surface area contributed by atoms with Gasteiger partial charge in [-0.15, -0.1) is 0 Å². The molecule has 0 aromatic carbocycles. The molecule has 12 nitrogen and oxygen atoms in total. The molecule has 0 aromatic heterocycles. The van der Waals surface area contributed by atoms with Crippen LogP contribution in [0, 0.1) is 0 Å². The van der Waals surface area contributed by atoms with Crippen LogP contribution in [0.3, 0.4) is 0 Å². The molecule has 0 radical (unpaired) electrons. The fraction of sp³-hybridized carbons (Fsp3) is 0.933. The normalized spacial score (nSPS) is 45.5. The topological polar surface area (TPSA) is 187 Å². The number of amides is 1. The van der Waals surface area contributed by atoms with Crippen LogP contribution in [0.1, 0.15) is 6.92 Å². The molecule has 2 aliphatic rings. The van der Waals surface area contributed by atoms with Gasteiger partial charge in [0.1, 0.15) is 48.8 Å². The van der Waals surface area contributed by atoms with Crippen LogP contribution >= 0.6 is 0 Å². The SMILES string of the molecule is CO[C@H]1O[C@H](CO)[C@@H](O)[C@H](O[C@@H]2O[C@H](CO)[C@H](O)[C@H](O)[C@H]2O)[C@H]1NC(C)=O. The zero-order valence-electron chi connectivity index (χ0n) is 14.9. The third-order valence-corrected chi connectivity index (χ3v) is 4.60. The minimum Gasteiger partial charge on any atom is -0.394 e. The van der Waals surface area contributed by atoms with E-state index in [1.807, 2.05) is 0 Å². The second-order valence-electron chi connectivity index (χ2n) is 6.48. The summed E-state index contributed by atoms with van der Waals surface area (Å²) in [4.78, 5) is 11.5. The lowest BCUT2D eigenvalue weighted by Gasteiger charge is -2.47. The third kappa shape index (κ3) is 4.74. The number of carbonyl (C=O) groups is 1. The molecule has 0 bridgehead atoms. The molecule has 0 aliphatic carbocycles. The smallest absolute Gasteiger partial charge is 0.217 e. The number of hydrogen-bond donors (Lipinski definition) is 7. The Labute approximate surface area is 155 Å². The maximum Gasteiger partial charge on any atom is 0.217 e. The Morgan fingerprint density at radius 3 is 2.00 bits per heavy atom. The first-order chi connectivity index (χ1) is 12.7. The van der Waals surface area contributed by atoms with Crippen LogP contribution in [-0.4, -0.2) is 118 Å². The Bertz CT molecular complexity index is 492. The number of nitrogens with one attached hydrogen (secondary N) is 1. The summed E-state index contributed by atoms with van der Waals surface area (Å²) in [5.74, 6) is -0.484. The van der Waals surface area contributed by atoms with Gasteiger partial charge in [0.15, 0.2) is 12.6 Å². The van der Waals surface area contributed by atoms with E-state index in [0.717, 1.165) is 0 Å². The molecule has 2 fully saturated rings. The molecule has 1 amide bonds. The number of aliphatic hydroxyl groups excluding tert-OH is 6. The molecule has 2 saturated heterocycles. The van der Waals surface area contributed by atoms with Gasteiger partial charge in [-0.1, -0.05) is 0 Å². The second-order valence-corrected chi connectivity index (χ2v) is 6.48. The van der Waals surface area contributed by atoms with Crippen molar-refractivity contribution in [1.82, 2.24) is 5.32 Å². The van der Waals surface area contributed by atoms with Gasteiger partial charge in [0.25, 0.3) is 0 Å². The van der Waals surface area contributed by atoms with Gasteiger partial charge >= 0.3 is 0 Å². The summed E-state index contributed by atoms with van der Waals surface area (Å²) in [5.41, 5.74) is 0. The third-order valence-electron chi connectivity index (χ3n) is 4.60. The van der Waals surface area contributed by atoms with Crippen molar-refractivity contribution in [2.45, 2.75) is 68.3 Å². The maximum atomic E-state index is 11.5. The summed E-state index contributed by atoms with van der Waals surface area (Å²) in [7, 11) is 1.29. The van der Waals surface area contributed by atoms with Crippen molar-refractivity contribution in [3.05, 3.63) is 0 Å². The monoisotopic (exact) mass is 397 g/mol. The highest BCUT2D eigenvalue weighted by atomic mass is 16.7. The first-order valence-corrected chi connectivity index (χ1v) is 8.45. The predicted octanol–water partition coefficient (Wildman–Crippen LogP) is -4.60. The number of ether oxygens (including phenoxy) is 4. The van der Waals surface area contributed by atoms with E-state index in [0.29, 0.717) is 0 Å². The molecule has 0 saturated carbocycles. The van der Waals surface area contributed by atoms with Crippen molar-refractivity contribution >= 4 is 5.91 Å². The minimum atomic E-state index is -1.70. The zero-order valence-corrected chi connectivity index (χ0v) is 14.9. The van der Waals surface area contributed by atoms with Crippen molar-refractivity contribution < 1.29 is 54.4 Å². The van der Waals surface area contributed by atoms with Crippen LogP contribution < -0.4 is 5.32 Å². The molecular weight excluding hydrogens is 370 g/mol. The lowest BCUT2D eigenvalue weighted by Crippen LogP contribution is -2.68. The highest BCUT2D eigenvalue weighted by Gasteiger charge is 2.51. The molecule has 2 rings (SSSR count). The van der Waals surface area contributed by atoms with Crippen molar-refractivity contribution in [2.24, 2.45) is 0 Å². The Kier molecular flexibility index (Phi) is 7.88. The summed E-state index contributed by atoms with van der Waals surface area (Å²) in [6, 6.07) is -1.04. The zero-order chi connectivity index (χ0) is 20.3. The summed E-state index contributed by atoms with van der Waals surface area (Å²) in [5, 5.41) is 61.5. The van der Waals surface area contributed by atoms with Gasteiger partial charge in [0, 0.05) is 14.0 Å². The Morgan fingerprint density at radius 2 is 1.48 bits per heavy atom. The van der Waals surface area contributed by atoms with Crippen molar-refractivity contribution in [3.63, 3.8) is 0 Å². The predicted molar refractivity (Wildman–Crippen MR) is 85.0 cm³/mol. The van der Waals surface area contributed by atoms with Crippen molar-refractivity contribution in [1.29, 1.82) is 0 Å². The van der Waals surface area contributed by atoms with E-state index < -0.39 is 80.5 Å². The van der Waals surface area contributed by atoms with Crippen LogP contribution in [0.2, 0.25) is 0 Å².